The van der Waals surface area contributed by atoms with Crippen LogP contribution >= 0.6 is 11.3 Å². The highest BCUT2D eigenvalue weighted by Gasteiger charge is 2.26. The summed E-state index contributed by atoms with van der Waals surface area (Å²) in [4.78, 5) is 30.1. The molecule has 0 aliphatic heterocycles. The number of amides is 2. The number of nitrogens with zero attached hydrogens (tertiary/aromatic N) is 1. The van der Waals surface area contributed by atoms with Gasteiger partial charge in [0, 0.05) is 17.7 Å². The van der Waals surface area contributed by atoms with Crippen LogP contribution < -0.4 is 20.0 Å². The maximum absolute atomic E-state index is 13.4. The van der Waals surface area contributed by atoms with Gasteiger partial charge in [0.2, 0.25) is 5.91 Å². The molecule has 0 saturated carbocycles. The van der Waals surface area contributed by atoms with E-state index in [4.69, 9.17) is 19.0 Å². The van der Waals surface area contributed by atoms with Crippen molar-refractivity contribution < 1.29 is 26.9 Å². The zero-order chi connectivity index (χ0) is 27.0. The number of aromatic nitrogens is 1. The van der Waals surface area contributed by atoms with Crippen molar-refractivity contribution in [1.29, 1.82) is 0 Å². The monoisotopic (exact) mass is 546 g/mol. The molecule has 198 valence electrons. The van der Waals surface area contributed by atoms with Crippen LogP contribution in [0.3, 0.4) is 0 Å². The molecule has 2 aromatic carbocycles. The van der Waals surface area contributed by atoms with E-state index in [1.165, 1.54) is 30.6 Å². The SMILES string of the molecule is COC(=O)NC(Cc1ccccc1)C(=O)NC(Cc1ccc(OS(N)(=O)=O)cc1)c1csc(C(C)C)n1. The Hall–Kier alpha value is -3.48. The molecule has 10 nitrogen and oxygen atoms in total. The highest BCUT2D eigenvalue weighted by molar-refractivity contribution is 7.84. The number of alkyl carbamates (subject to hydrolysis) is 1. The fourth-order valence-electron chi connectivity index (χ4n) is 3.54. The highest BCUT2D eigenvalue weighted by atomic mass is 32.2. The van der Waals surface area contributed by atoms with Crippen molar-refractivity contribution >= 4 is 33.6 Å². The van der Waals surface area contributed by atoms with Crippen LogP contribution in [0.4, 0.5) is 4.79 Å². The number of carbonyl (C=O) groups excluding carboxylic acids is 2. The smallest absolute Gasteiger partial charge is 0.407 e. The fraction of sp³-hybridized carbons (Fsp3) is 0.320. The minimum absolute atomic E-state index is 0.0767. The normalized spacial score (nSPS) is 13.0. The van der Waals surface area contributed by atoms with E-state index in [0.29, 0.717) is 12.1 Å². The number of benzene rings is 2. The van der Waals surface area contributed by atoms with Gasteiger partial charge < -0.3 is 19.6 Å². The maximum atomic E-state index is 13.4. The topological polar surface area (TPSA) is 150 Å². The van der Waals surface area contributed by atoms with Crippen molar-refractivity contribution in [3.05, 3.63) is 81.8 Å². The van der Waals surface area contributed by atoms with Gasteiger partial charge in [0.25, 0.3) is 0 Å². The number of hydrogen-bond donors (Lipinski definition) is 3. The summed E-state index contributed by atoms with van der Waals surface area (Å²) in [6.45, 7) is 4.08. The van der Waals surface area contributed by atoms with Crippen LogP contribution in [0.25, 0.3) is 0 Å². The summed E-state index contributed by atoms with van der Waals surface area (Å²) in [7, 11) is -2.90. The average Bonchev–Trinajstić information content (AvgIpc) is 3.35. The number of hydrogen-bond acceptors (Lipinski definition) is 8. The second kappa shape index (κ2) is 12.7. The quantitative estimate of drug-likeness (QED) is 0.334. The Morgan fingerprint density at radius 2 is 1.65 bits per heavy atom. The van der Waals surface area contributed by atoms with Crippen LogP contribution in [0.5, 0.6) is 5.75 Å². The fourth-order valence-corrected chi connectivity index (χ4v) is 4.81. The van der Waals surface area contributed by atoms with Gasteiger partial charge in [-0.05, 0) is 29.7 Å². The molecule has 0 radical (unpaired) electrons. The zero-order valence-electron chi connectivity index (χ0n) is 20.7. The van der Waals surface area contributed by atoms with E-state index in [0.717, 1.165) is 16.1 Å². The van der Waals surface area contributed by atoms with Gasteiger partial charge in [-0.3, -0.25) is 4.79 Å². The van der Waals surface area contributed by atoms with Crippen LogP contribution in [0.2, 0.25) is 0 Å². The standard InChI is InChI=1S/C25H30N4O6S2/c1-16(2)24-28-22(15-36-24)20(13-18-9-11-19(12-10-18)35-37(26,32)33)27-23(30)21(29-25(31)34-3)14-17-7-5-4-6-8-17/h4-12,15-16,20-21H,13-14H2,1-3H3,(H,27,30)(H,29,31)(H2,26,32,33). The molecule has 0 aliphatic carbocycles. The van der Waals surface area contributed by atoms with Gasteiger partial charge in [0.1, 0.15) is 11.8 Å². The highest BCUT2D eigenvalue weighted by Crippen LogP contribution is 2.26. The van der Waals surface area contributed by atoms with Crippen LogP contribution in [-0.4, -0.2) is 38.6 Å². The molecule has 1 heterocycles. The molecule has 0 spiro atoms. The van der Waals surface area contributed by atoms with Gasteiger partial charge in [-0.25, -0.2) is 9.78 Å². The van der Waals surface area contributed by atoms with E-state index in [1.807, 2.05) is 49.6 Å². The summed E-state index contributed by atoms with van der Waals surface area (Å²) in [5.41, 5.74) is 2.35. The number of ether oxygens (including phenoxy) is 1. The minimum Gasteiger partial charge on any atom is -0.453 e. The Balaban J connectivity index is 1.85. The van der Waals surface area contributed by atoms with E-state index < -0.39 is 34.4 Å². The number of methoxy groups -OCH3 is 1. The Kier molecular flexibility index (Phi) is 9.61. The number of thiazole rings is 1. The molecule has 3 aromatic rings. The molecule has 1 aromatic heterocycles. The molecule has 0 aliphatic rings. The summed E-state index contributed by atoms with van der Waals surface area (Å²) in [6.07, 6.45) is -0.0877. The summed E-state index contributed by atoms with van der Waals surface area (Å²) < 4.78 is 31.8. The first-order chi connectivity index (χ1) is 17.5. The molecule has 2 unspecified atom stereocenters. The lowest BCUT2D eigenvalue weighted by Gasteiger charge is -2.23. The third-order valence-electron chi connectivity index (χ3n) is 5.36. The Bertz CT molecular complexity index is 1290. The average molecular weight is 547 g/mol. The molecular formula is C25H30N4O6S2. The first-order valence-electron chi connectivity index (χ1n) is 11.5. The number of rotatable bonds is 11. The van der Waals surface area contributed by atoms with Crippen LogP contribution in [0.15, 0.2) is 60.0 Å². The maximum Gasteiger partial charge on any atom is 0.407 e. The predicted octanol–water partition coefficient (Wildman–Crippen LogP) is 3.22. The summed E-state index contributed by atoms with van der Waals surface area (Å²) in [5, 5.41) is 13.4. The van der Waals surface area contributed by atoms with Gasteiger partial charge in [0.05, 0.1) is 23.9 Å². The van der Waals surface area contributed by atoms with Gasteiger partial charge in [-0.1, -0.05) is 56.3 Å². The first kappa shape index (κ1) is 28.1. The van der Waals surface area contributed by atoms with Crippen molar-refractivity contribution in [2.75, 3.05) is 7.11 Å². The molecular weight excluding hydrogens is 516 g/mol. The predicted molar refractivity (Wildman–Crippen MR) is 140 cm³/mol. The summed E-state index contributed by atoms with van der Waals surface area (Å²) in [6, 6.07) is 14.3. The van der Waals surface area contributed by atoms with E-state index >= 15 is 0 Å². The minimum atomic E-state index is -4.14. The Labute approximate surface area is 220 Å². The Morgan fingerprint density at radius 3 is 2.22 bits per heavy atom. The van der Waals surface area contributed by atoms with Gasteiger partial charge >= 0.3 is 16.4 Å². The van der Waals surface area contributed by atoms with E-state index in [-0.39, 0.29) is 18.1 Å². The van der Waals surface area contributed by atoms with Crippen molar-refractivity contribution in [2.45, 2.75) is 44.7 Å². The molecule has 4 N–H and O–H groups in total. The number of carbonyl (C=O) groups is 2. The molecule has 2 atom stereocenters. The molecule has 12 heteroatoms. The lowest BCUT2D eigenvalue weighted by atomic mass is 10.0. The largest absolute Gasteiger partial charge is 0.453 e. The first-order valence-corrected chi connectivity index (χ1v) is 13.8. The van der Waals surface area contributed by atoms with Gasteiger partial charge in [0.15, 0.2) is 0 Å². The van der Waals surface area contributed by atoms with Crippen LogP contribution in [-0.2, 0) is 32.7 Å². The third kappa shape index (κ3) is 8.85. The van der Waals surface area contributed by atoms with Crippen molar-refractivity contribution in [1.82, 2.24) is 15.6 Å². The number of nitrogens with one attached hydrogen (secondary N) is 2. The zero-order valence-corrected chi connectivity index (χ0v) is 22.3. The molecule has 0 saturated heterocycles. The van der Waals surface area contributed by atoms with Crippen LogP contribution in [0.1, 0.15) is 47.6 Å². The van der Waals surface area contributed by atoms with Crippen molar-refractivity contribution in [3.8, 4) is 5.75 Å². The van der Waals surface area contributed by atoms with E-state index in [1.54, 1.807) is 12.1 Å². The van der Waals surface area contributed by atoms with Gasteiger partial charge in [-0.15, -0.1) is 11.3 Å². The molecule has 37 heavy (non-hydrogen) atoms. The molecule has 0 bridgehead atoms. The molecule has 2 amide bonds. The van der Waals surface area contributed by atoms with Crippen molar-refractivity contribution in [2.24, 2.45) is 5.14 Å². The Morgan fingerprint density at radius 1 is 1.00 bits per heavy atom. The van der Waals surface area contributed by atoms with Crippen LogP contribution in [0, 0.1) is 0 Å². The third-order valence-corrected chi connectivity index (χ3v) is 6.95. The number of nitrogens with two attached hydrogens (primary N) is 1. The molecule has 0 fully saturated rings. The molecule has 3 rings (SSSR count). The summed E-state index contributed by atoms with van der Waals surface area (Å²) in [5.74, 6) is -0.100. The second-order valence-electron chi connectivity index (χ2n) is 8.63. The van der Waals surface area contributed by atoms with Crippen molar-refractivity contribution in [3.63, 3.8) is 0 Å². The summed E-state index contributed by atoms with van der Waals surface area (Å²) >= 11 is 1.50. The van der Waals surface area contributed by atoms with Gasteiger partial charge in [-0.2, -0.15) is 13.6 Å². The lowest BCUT2D eigenvalue weighted by molar-refractivity contribution is -0.123. The second-order valence-corrected chi connectivity index (χ2v) is 10.7. The van der Waals surface area contributed by atoms with E-state index in [9.17, 15) is 18.0 Å². The lowest BCUT2D eigenvalue weighted by Crippen LogP contribution is -2.49. The van der Waals surface area contributed by atoms with E-state index in [2.05, 4.69) is 10.6 Å².